The normalized spacial score (nSPS) is 10.6. The van der Waals surface area contributed by atoms with E-state index in [-0.39, 0.29) is 5.91 Å². The third-order valence-electron chi connectivity index (χ3n) is 2.76. The molecule has 0 atom stereocenters. The minimum atomic E-state index is -0.241. The summed E-state index contributed by atoms with van der Waals surface area (Å²) >= 11 is 1.42. The van der Waals surface area contributed by atoms with Gasteiger partial charge in [-0.25, -0.2) is 4.98 Å². The van der Waals surface area contributed by atoms with E-state index in [1.54, 1.807) is 6.07 Å². The molecule has 2 aromatic rings. The third-order valence-corrected chi connectivity index (χ3v) is 3.66. The fourth-order valence-corrected chi connectivity index (χ4v) is 2.63. The molecular formula is C14H18N4OS. The highest BCUT2D eigenvalue weighted by atomic mass is 32.1. The molecule has 0 aliphatic rings. The Labute approximate surface area is 122 Å². The lowest BCUT2D eigenvalue weighted by molar-refractivity contribution is 0.102. The second-order valence-corrected chi connectivity index (χ2v) is 5.79. The number of amides is 1. The summed E-state index contributed by atoms with van der Waals surface area (Å²) in [7, 11) is 0. The van der Waals surface area contributed by atoms with Crippen molar-refractivity contribution in [1.82, 2.24) is 15.2 Å². The molecule has 1 N–H and O–H groups in total. The zero-order chi connectivity index (χ0) is 14.5. The zero-order valence-electron chi connectivity index (χ0n) is 11.9. The average Bonchev–Trinajstić information content (AvgIpc) is 2.82. The van der Waals surface area contributed by atoms with Crippen molar-refractivity contribution in [3.63, 3.8) is 0 Å². The molecule has 2 aromatic heterocycles. The van der Waals surface area contributed by atoms with Gasteiger partial charge >= 0.3 is 0 Å². The van der Waals surface area contributed by atoms with Crippen LogP contribution in [0.1, 0.15) is 46.5 Å². The van der Waals surface area contributed by atoms with Crippen molar-refractivity contribution < 1.29 is 4.79 Å². The maximum Gasteiger partial charge on any atom is 0.276 e. The van der Waals surface area contributed by atoms with Gasteiger partial charge in [-0.1, -0.05) is 24.7 Å². The van der Waals surface area contributed by atoms with Gasteiger partial charge in [-0.15, -0.1) is 10.2 Å². The topological polar surface area (TPSA) is 67.8 Å². The zero-order valence-corrected chi connectivity index (χ0v) is 12.8. The predicted molar refractivity (Wildman–Crippen MR) is 80.2 cm³/mol. The first-order valence-corrected chi connectivity index (χ1v) is 7.49. The Balaban J connectivity index is 2.05. The van der Waals surface area contributed by atoms with Gasteiger partial charge < -0.3 is 0 Å². The van der Waals surface area contributed by atoms with E-state index in [9.17, 15) is 4.79 Å². The van der Waals surface area contributed by atoms with E-state index < -0.39 is 0 Å². The number of hydrogen-bond acceptors (Lipinski definition) is 5. The first-order chi connectivity index (χ1) is 9.58. The van der Waals surface area contributed by atoms with E-state index in [1.165, 1.54) is 11.3 Å². The highest BCUT2D eigenvalue weighted by molar-refractivity contribution is 7.15. The number of pyridine rings is 1. The van der Waals surface area contributed by atoms with Crippen LogP contribution in [0.2, 0.25) is 0 Å². The lowest BCUT2D eigenvalue weighted by Crippen LogP contribution is -2.14. The van der Waals surface area contributed by atoms with E-state index in [0.29, 0.717) is 10.8 Å². The molecule has 5 nitrogen and oxygen atoms in total. The summed E-state index contributed by atoms with van der Waals surface area (Å²) in [4.78, 5) is 16.3. The molecule has 0 aromatic carbocycles. The summed E-state index contributed by atoms with van der Waals surface area (Å²) in [5.41, 5.74) is 2.26. The average molecular weight is 290 g/mol. The summed E-state index contributed by atoms with van der Waals surface area (Å²) in [5.74, 6) is -0.241. The summed E-state index contributed by atoms with van der Waals surface area (Å²) < 4.78 is 0. The molecule has 1 amide bonds. The van der Waals surface area contributed by atoms with E-state index in [1.807, 2.05) is 19.9 Å². The number of nitrogens with one attached hydrogen (secondary N) is 1. The van der Waals surface area contributed by atoms with Gasteiger partial charge in [0.2, 0.25) is 5.13 Å². The summed E-state index contributed by atoms with van der Waals surface area (Å²) in [6.45, 7) is 5.95. The Morgan fingerprint density at radius 2 is 2.10 bits per heavy atom. The first kappa shape index (κ1) is 14.6. The fourth-order valence-electron chi connectivity index (χ4n) is 1.85. The van der Waals surface area contributed by atoms with Crippen LogP contribution in [0.5, 0.6) is 0 Å². The molecule has 0 radical (unpaired) electrons. The van der Waals surface area contributed by atoms with Crippen LogP contribution >= 0.6 is 11.3 Å². The number of hydrogen-bond donors (Lipinski definition) is 1. The SMILES string of the molecule is CCCCc1nnc(NC(=O)c2cc(C)cc(C)n2)s1. The van der Waals surface area contributed by atoms with E-state index in [2.05, 4.69) is 27.4 Å². The molecular weight excluding hydrogens is 272 g/mol. The smallest absolute Gasteiger partial charge is 0.276 e. The van der Waals surface area contributed by atoms with Crippen LogP contribution in [0.3, 0.4) is 0 Å². The Morgan fingerprint density at radius 1 is 1.30 bits per heavy atom. The van der Waals surface area contributed by atoms with Crippen molar-refractivity contribution in [2.45, 2.75) is 40.0 Å². The van der Waals surface area contributed by atoms with Crippen LogP contribution in [-0.2, 0) is 6.42 Å². The summed E-state index contributed by atoms with van der Waals surface area (Å²) in [5, 5.41) is 12.3. The standard InChI is InChI=1S/C14H18N4OS/c1-4-5-6-12-17-18-14(20-12)16-13(19)11-8-9(2)7-10(3)15-11/h7-8H,4-6H2,1-3H3,(H,16,18,19). The van der Waals surface area contributed by atoms with Gasteiger partial charge in [0.25, 0.3) is 5.91 Å². The van der Waals surface area contributed by atoms with Crippen molar-refractivity contribution in [1.29, 1.82) is 0 Å². The number of carbonyl (C=O) groups is 1. The largest absolute Gasteiger partial charge is 0.295 e. The van der Waals surface area contributed by atoms with Crippen LogP contribution in [0.25, 0.3) is 0 Å². The maximum atomic E-state index is 12.1. The molecule has 0 bridgehead atoms. The predicted octanol–water partition coefficient (Wildman–Crippen LogP) is 3.14. The highest BCUT2D eigenvalue weighted by Gasteiger charge is 2.12. The van der Waals surface area contributed by atoms with Crippen molar-refractivity contribution in [2.75, 3.05) is 5.32 Å². The van der Waals surface area contributed by atoms with Crippen LogP contribution in [0, 0.1) is 13.8 Å². The molecule has 6 heteroatoms. The maximum absolute atomic E-state index is 12.1. The third kappa shape index (κ3) is 3.84. The quantitative estimate of drug-likeness (QED) is 0.918. The summed E-state index contributed by atoms with van der Waals surface area (Å²) in [6.07, 6.45) is 3.11. The van der Waals surface area contributed by atoms with Crippen LogP contribution < -0.4 is 5.32 Å². The second-order valence-electron chi connectivity index (χ2n) is 4.73. The lowest BCUT2D eigenvalue weighted by Gasteiger charge is -2.03. The first-order valence-electron chi connectivity index (χ1n) is 6.67. The van der Waals surface area contributed by atoms with E-state index in [4.69, 9.17) is 0 Å². The van der Waals surface area contributed by atoms with Gasteiger partial charge in [-0.3, -0.25) is 10.1 Å². The van der Waals surface area contributed by atoms with Gasteiger partial charge in [0.1, 0.15) is 10.7 Å². The van der Waals surface area contributed by atoms with Gasteiger partial charge in [-0.05, 0) is 38.0 Å². The number of aryl methyl sites for hydroxylation is 3. The van der Waals surface area contributed by atoms with Crippen LogP contribution in [-0.4, -0.2) is 21.1 Å². The number of aromatic nitrogens is 3. The van der Waals surface area contributed by atoms with Crippen LogP contribution in [0.4, 0.5) is 5.13 Å². The minimum Gasteiger partial charge on any atom is -0.295 e. The molecule has 0 aliphatic carbocycles. The van der Waals surface area contributed by atoms with E-state index >= 15 is 0 Å². The molecule has 0 unspecified atom stereocenters. The second kappa shape index (κ2) is 6.56. The van der Waals surface area contributed by atoms with Gasteiger partial charge in [0.05, 0.1) is 0 Å². The number of nitrogens with zero attached hydrogens (tertiary/aromatic N) is 3. The van der Waals surface area contributed by atoms with Crippen molar-refractivity contribution >= 4 is 22.4 Å². The monoisotopic (exact) mass is 290 g/mol. The number of rotatable bonds is 5. The van der Waals surface area contributed by atoms with Crippen molar-refractivity contribution in [2.24, 2.45) is 0 Å². The minimum absolute atomic E-state index is 0.241. The molecule has 2 rings (SSSR count). The Kier molecular flexibility index (Phi) is 4.79. The fraction of sp³-hybridized carbons (Fsp3) is 0.429. The molecule has 0 saturated carbocycles. The van der Waals surface area contributed by atoms with Crippen molar-refractivity contribution in [3.8, 4) is 0 Å². The Bertz CT molecular complexity index is 589. The van der Waals surface area contributed by atoms with Gasteiger partial charge in [0.15, 0.2) is 0 Å². The molecule has 0 aliphatic heterocycles. The number of anilines is 1. The van der Waals surface area contributed by atoms with Crippen LogP contribution in [0.15, 0.2) is 12.1 Å². The molecule has 0 saturated heterocycles. The molecule has 2 heterocycles. The highest BCUT2D eigenvalue weighted by Crippen LogP contribution is 2.18. The summed E-state index contributed by atoms with van der Waals surface area (Å²) in [6, 6.07) is 3.70. The molecule has 0 fully saturated rings. The Hall–Kier alpha value is -1.82. The van der Waals surface area contributed by atoms with E-state index in [0.717, 1.165) is 35.5 Å². The number of unbranched alkanes of at least 4 members (excludes halogenated alkanes) is 1. The lowest BCUT2D eigenvalue weighted by atomic mass is 10.2. The van der Waals surface area contributed by atoms with Crippen molar-refractivity contribution in [3.05, 3.63) is 34.1 Å². The Morgan fingerprint density at radius 3 is 2.80 bits per heavy atom. The number of carbonyl (C=O) groups excluding carboxylic acids is 1. The van der Waals surface area contributed by atoms with Gasteiger partial charge in [-0.2, -0.15) is 0 Å². The van der Waals surface area contributed by atoms with Gasteiger partial charge in [0, 0.05) is 12.1 Å². The molecule has 106 valence electrons. The molecule has 0 spiro atoms. The molecule has 20 heavy (non-hydrogen) atoms.